The van der Waals surface area contributed by atoms with Crippen molar-refractivity contribution in [2.45, 2.75) is 16.7 Å². The van der Waals surface area contributed by atoms with E-state index in [0.29, 0.717) is 28.4 Å². The first-order chi connectivity index (χ1) is 18.5. The fraction of sp³-hybridized carbons (Fsp3) is 0.107. The van der Waals surface area contributed by atoms with Gasteiger partial charge in [-0.05, 0) is 91.3 Å². The SMILES string of the molecule is COc1ccc(S(=O)(=O)N(C)c2ccc(C(=O)Nc3ccc(S(=O)(=O)Nc4ccccc4C)cc3)cc2)cc1. The first kappa shape index (κ1) is 27.7. The Morgan fingerprint density at radius 3 is 1.95 bits per heavy atom. The van der Waals surface area contributed by atoms with Crippen molar-refractivity contribution < 1.29 is 26.4 Å². The van der Waals surface area contributed by atoms with Crippen molar-refractivity contribution in [3.8, 4) is 5.75 Å². The van der Waals surface area contributed by atoms with E-state index < -0.39 is 26.0 Å². The van der Waals surface area contributed by atoms with Gasteiger partial charge in [0, 0.05) is 18.3 Å². The highest BCUT2D eigenvalue weighted by Gasteiger charge is 2.22. The second-order valence-electron chi connectivity index (χ2n) is 8.59. The summed E-state index contributed by atoms with van der Waals surface area (Å²) in [7, 11) is -4.69. The molecule has 0 radical (unpaired) electrons. The molecule has 4 rings (SSSR count). The van der Waals surface area contributed by atoms with Crippen LogP contribution in [-0.2, 0) is 20.0 Å². The molecule has 1 amide bonds. The van der Waals surface area contributed by atoms with Gasteiger partial charge in [-0.2, -0.15) is 0 Å². The summed E-state index contributed by atoms with van der Waals surface area (Å²) in [6.07, 6.45) is 0. The number of hydrogen-bond acceptors (Lipinski definition) is 6. The molecule has 0 aliphatic heterocycles. The number of benzene rings is 4. The number of hydrogen-bond donors (Lipinski definition) is 2. The number of para-hydroxylation sites is 1. The summed E-state index contributed by atoms with van der Waals surface area (Å²) in [5.41, 5.74) is 2.35. The van der Waals surface area contributed by atoms with E-state index in [1.54, 1.807) is 37.3 Å². The average molecular weight is 566 g/mol. The van der Waals surface area contributed by atoms with Crippen LogP contribution < -0.4 is 19.1 Å². The summed E-state index contributed by atoms with van der Waals surface area (Å²) in [4.78, 5) is 12.9. The smallest absolute Gasteiger partial charge is 0.264 e. The molecule has 0 heterocycles. The fourth-order valence-electron chi connectivity index (χ4n) is 3.68. The van der Waals surface area contributed by atoms with Gasteiger partial charge in [-0.1, -0.05) is 18.2 Å². The van der Waals surface area contributed by atoms with Gasteiger partial charge in [-0.15, -0.1) is 0 Å². The van der Waals surface area contributed by atoms with Crippen molar-refractivity contribution >= 4 is 43.0 Å². The van der Waals surface area contributed by atoms with Crippen LogP contribution in [0.2, 0.25) is 0 Å². The maximum absolute atomic E-state index is 13.0. The number of carbonyl (C=O) groups is 1. The van der Waals surface area contributed by atoms with Gasteiger partial charge in [-0.25, -0.2) is 16.8 Å². The number of carbonyl (C=O) groups excluding carboxylic acids is 1. The van der Waals surface area contributed by atoms with E-state index in [2.05, 4.69) is 10.0 Å². The Morgan fingerprint density at radius 2 is 1.36 bits per heavy atom. The van der Waals surface area contributed by atoms with Gasteiger partial charge in [0.2, 0.25) is 0 Å². The highest BCUT2D eigenvalue weighted by molar-refractivity contribution is 7.93. The Kier molecular flexibility index (Phi) is 7.93. The Bertz CT molecular complexity index is 1690. The molecule has 0 atom stereocenters. The van der Waals surface area contributed by atoms with E-state index in [-0.39, 0.29) is 9.79 Å². The second-order valence-corrected chi connectivity index (χ2v) is 12.2. The highest BCUT2D eigenvalue weighted by Crippen LogP contribution is 2.25. The molecule has 9 nitrogen and oxygen atoms in total. The first-order valence-corrected chi connectivity index (χ1v) is 14.7. The molecular weight excluding hydrogens is 538 g/mol. The fourth-order valence-corrected chi connectivity index (χ4v) is 6.01. The van der Waals surface area contributed by atoms with E-state index in [1.165, 1.54) is 74.8 Å². The topological polar surface area (TPSA) is 122 Å². The molecule has 0 unspecified atom stereocenters. The molecule has 0 saturated heterocycles. The zero-order valence-corrected chi connectivity index (χ0v) is 23.1. The molecule has 11 heteroatoms. The first-order valence-electron chi connectivity index (χ1n) is 11.7. The van der Waals surface area contributed by atoms with Crippen LogP contribution in [0.4, 0.5) is 17.1 Å². The van der Waals surface area contributed by atoms with E-state index in [9.17, 15) is 21.6 Å². The number of nitrogens with one attached hydrogen (secondary N) is 2. The summed E-state index contributed by atoms with van der Waals surface area (Å²) >= 11 is 0. The van der Waals surface area contributed by atoms with Crippen LogP contribution in [0.25, 0.3) is 0 Å². The molecular formula is C28H27N3O6S2. The van der Waals surface area contributed by atoms with Gasteiger partial charge in [0.25, 0.3) is 26.0 Å². The standard InChI is InChI=1S/C28H27N3O6S2/c1-20-6-4-5-7-27(20)30-38(33,34)25-16-10-22(11-17-25)29-28(32)21-8-12-23(13-9-21)31(2)39(35,36)26-18-14-24(37-3)15-19-26/h4-19,30H,1-3H3,(H,29,32). The minimum absolute atomic E-state index is 0.0502. The van der Waals surface area contributed by atoms with Crippen molar-refractivity contribution in [3.05, 3.63) is 108 Å². The Hall–Kier alpha value is -4.35. The highest BCUT2D eigenvalue weighted by atomic mass is 32.2. The van der Waals surface area contributed by atoms with Gasteiger partial charge in [0.05, 0.1) is 28.3 Å². The lowest BCUT2D eigenvalue weighted by Gasteiger charge is -2.20. The van der Waals surface area contributed by atoms with Crippen molar-refractivity contribution in [3.63, 3.8) is 0 Å². The van der Waals surface area contributed by atoms with Crippen molar-refractivity contribution in [1.82, 2.24) is 0 Å². The molecule has 0 bridgehead atoms. The maximum atomic E-state index is 13.0. The third-order valence-corrected chi connectivity index (χ3v) is 9.20. The van der Waals surface area contributed by atoms with Crippen LogP contribution in [0.1, 0.15) is 15.9 Å². The van der Waals surface area contributed by atoms with Gasteiger partial charge < -0.3 is 10.1 Å². The monoisotopic (exact) mass is 565 g/mol. The zero-order chi connectivity index (χ0) is 28.2. The summed E-state index contributed by atoms with van der Waals surface area (Å²) in [6.45, 7) is 1.81. The van der Waals surface area contributed by atoms with E-state index in [1.807, 2.05) is 6.07 Å². The van der Waals surface area contributed by atoms with E-state index in [0.717, 1.165) is 9.87 Å². The summed E-state index contributed by atoms with van der Waals surface area (Å²) in [6, 6.07) is 25.0. The number of nitrogens with zero attached hydrogens (tertiary/aromatic N) is 1. The van der Waals surface area contributed by atoms with Crippen molar-refractivity contribution in [1.29, 1.82) is 0 Å². The molecule has 4 aromatic carbocycles. The zero-order valence-electron chi connectivity index (χ0n) is 21.5. The number of methoxy groups -OCH3 is 1. The Morgan fingerprint density at radius 1 is 0.769 bits per heavy atom. The number of amides is 1. The van der Waals surface area contributed by atoms with Gasteiger partial charge >= 0.3 is 0 Å². The minimum atomic E-state index is -3.81. The predicted molar refractivity (Wildman–Crippen MR) is 151 cm³/mol. The lowest BCUT2D eigenvalue weighted by Crippen LogP contribution is -2.26. The number of sulfonamides is 2. The van der Waals surface area contributed by atoms with Crippen LogP contribution in [-0.4, -0.2) is 36.9 Å². The number of aryl methyl sites for hydroxylation is 1. The molecule has 202 valence electrons. The molecule has 0 spiro atoms. The molecule has 0 aliphatic carbocycles. The van der Waals surface area contributed by atoms with Gasteiger partial charge in [-0.3, -0.25) is 13.8 Å². The Labute approximate surface area is 228 Å². The molecule has 39 heavy (non-hydrogen) atoms. The van der Waals surface area contributed by atoms with Crippen LogP contribution in [0, 0.1) is 6.92 Å². The third kappa shape index (κ3) is 6.21. The van der Waals surface area contributed by atoms with E-state index >= 15 is 0 Å². The normalized spacial score (nSPS) is 11.5. The number of anilines is 3. The van der Waals surface area contributed by atoms with Crippen LogP contribution in [0.15, 0.2) is 107 Å². The van der Waals surface area contributed by atoms with Crippen LogP contribution in [0.5, 0.6) is 5.75 Å². The summed E-state index contributed by atoms with van der Waals surface area (Å²) < 4.78 is 60.2. The van der Waals surface area contributed by atoms with Crippen molar-refractivity contribution in [2.24, 2.45) is 0 Å². The molecule has 0 aromatic heterocycles. The maximum Gasteiger partial charge on any atom is 0.264 e. The Balaban J connectivity index is 1.43. The lowest BCUT2D eigenvalue weighted by molar-refractivity contribution is 0.102. The van der Waals surface area contributed by atoms with Crippen LogP contribution >= 0.6 is 0 Å². The average Bonchev–Trinajstić information content (AvgIpc) is 2.94. The van der Waals surface area contributed by atoms with E-state index in [4.69, 9.17) is 4.74 Å². The lowest BCUT2D eigenvalue weighted by atomic mass is 10.2. The van der Waals surface area contributed by atoms with Gasteiger partial charge in [0.15, 0.2) is 0 Å². The molecule has 0 saturated carbocycles. The third-order valence-electron chi connectivity index (χ3n) is 6.02. The van der Waals surface area contributed by atoms with Crippen molar-refractivity contribution in [2.75, 3.05) is 28.5 Å². The summed E-state index contributed by atoms with van der Waals surface area (Å²) in [5.74, 6) is 0.109. The molecule has 0 fully saturated rings. The quantitative estimate of drug-likeness (QED) is 0.298. The largest absolute Gasteiger partial charge is 0.497 e. The number of ether oxygens (including phenoxy) is 1. The predicted octanol–water partition coefficient (Wildman–Crippen LogP) is 4.88. The molecule has 4 aromatic rings. The van der Waals surface area contributed by atoms with Crippen LogP contribution in [0.3, 0.4) is 0 Å². The second kappa shape index (κ2) is 11.2. The molecule has 0 aliphatic rings. The van der Waals surface area contributed by atoms with Gasteiger partial charge in [0.1, 0.15) is 5.75 Å². The molecule has 2 N–H and O–H groups in total. The minimum Gasteiger partial charge on any atom is -0.497 e. The number of rotatable bonds is 9. The summed E-state index contributed by atoms with van der Waals surface area (Å²) in [5, 5.41) is 2.71.